The highest BCUT2D eigenvalue weighted by Gasteiger charge is 2.25. The zero-order valence-corrected chi connectivity index (χ0v) is 13.0. The highest BCUT2D eigenvalue weighted by atomic mass is 14.9. The first-order valence-electron chi connectivity index (χ1n) is 8.44. The number of para-hydroxylation sites is 1. The normalized spacial score (nSPS) is 22.5. The Bertz CT molecular complexity index is 573. The van der Waals surface area contributed by atoms with Gasteiger partial charge in [0.05, 0.1) is 5.52 Å². The maximum absolute atomic E-state index is 4.49. The second-order valence-corrected chi connectivity index (χ2v) is 6.30. The zero-order valence-electron chi connectivity index (χ0n) is 13.0. The van der Waals surface area contributed by atoms with Gasteiger partial charge >= 0.3 is 0 Å². The average molecular weight is 282 g/mol. The molecule has 1 aliphatic carbocycles. The summed E-state index contributed by atoms with van der Waals surface area (Å²) in [7, 11) is 0. The number of nitrogens with one attached hydrogen (secondary N) is 1. The molecular weight excluding hydrogens is 256 g/mol. The van der Waals surface area contributed by atoms with E-state index in [2.05, 4.69) is 47.6 Å². The molecule has 1 aliphatic rings. The lowest BCUT2D eigenvalue weighted by atomic mass is 9.80. The van der Waals surface area contributed by atoms with Gasteiger partial charge in [0.15, 0.2) is 0 Å². The van der Waals surface area contributed by atoms with Crippen molar-refractivity contribution in [1.82, 2.24) is 10.3 Å². The molecule has 112 valence electrons. The van der Waals surface area contributed by atoms with Gasteiger partial charge in [0, 0.05) is 17.6 Å². The van der Waals surface area contributed by atoms with Gasteiger partial charge < -0.3 is 5.32 Å². The van der Waals surface area contributed by atoms with Crippen LogP contribution in [0.3, 0.4) is 0 Å². The van der Waals surface area contributed by atoms with Crippen LogP contribution in [0.2, 0.25) is 0 Å². The fourth-order valence-corrected chi connectivity index (χ4v) is 3.67. The summed E-state index contributed by atoms with van der Waals surface area (Å²) in [6.07, 6.45) is 9.85. The molecule has 2 heteroatoms. The summed E-state index contributed by atoms with van der Waals surface area (Å²) < 4.78 is 0. The standard InChI is InChI=1S/C19H26N2/c1-2-12-20-18-9-5-3-7-16(18)14-15-11-13-21-19-10-6-4-8-17(15)19/h4,6,8,10-11,13,16,18,20H,2-3,5,7,9,12,14H2,1H3. The molecule has 0 radical (unpaired) electrons. The maximum Gasteiger partial charge on any atom is 0.0704 e. The van der Waals surface area contributed by atoms with Crippen LogP contribution in [0.25, 0.3) is 10.9 Å². The van der Waals surface area contributed by atoms with E-state index in [0.29, 0.717) is 6.04 Å². The van der Waals surface area contributed by atoms with E-state index >= 15 is 0 Å². The molecule has 0 saturated heterocycles. The Kier molecular flexibility index (Phi) is 4.87. The van der Waals surface area contributed by atoms with Crippen LogP contribution in [0, 0.1) is 5.92 Å². The summed E-state index contributed by atoms with van der Waals surface area (Å²) in [5, 5.41) is 5.11. The minimum Gasteiger partial charge on any atom is -0.314 e. The number of benzene rings is 1. The Labute approximate surface area is 128 Å². The Balaban J connectivity index is 1.79. The first-order valence-corrected chi connectivity index (χ1v) is 8.44. The van der Waals surface area contributed by atoms with Crippen molar-refractivity contribution in [3.63, 3.8) is 0 Å². The zero-order chi connectivity index (χ0) is 14.5. The molecule has 1 N–H and O–H groups in total. The van der Waals surface area contributed by atoms with E-state index in [1.807, 2.05) is 6.20 Å². The number of rotatable bonds is 5. The second-order valence-electron chi connectivity index (χ2n) is 6.30. The number of nitrogens with zero attached hydrogens (tertiary/aromatic N) is 1. The van der Waals surface area contributed by atoms with E-state index in [4.69, 9.17) is 0 Å². The molecule has 0 aliphatic heterocycles. The van der Waals surface area contributed by atoms with Crippen LogP contribution in [-0.4, -0.2) is 17.6 Å². The molecule has 1 fully saturated rings. The van der Waals surface area contributed by atoms with Gasteiger partial charge in [-0.1, -0.05) is 38.0 Å². The maximum atomic E-state index is 4.49. The predicted molar refractivity (Wildman–Crippen MR) is 89.5 cm³/mol. The van der Waals surface area contributed by atoms with E-state index < -0.39 is 0 Å². The summed E-state index contributed by atoms with van der Waals surface area (Å²) in [6, 6.07) is 11.5. The summed E-state index contributed by atoms with van der Waals surface area (Å²) in [5.74, 6) is 0.774. The Morgan fingerprint density at radius 2 is 2.00 bits per heavy atom. The minimum atomic E-state index is 0.700. The van der Waals surface area contributed by atoms with Gasteiger partial charge in [-0.25, -0.2) is 0 Å². The van der Waals surface area contributed by atoms with Gasteiger partial charge in [-0.3, -0.25) is 4.98 Å². The number of aromatic nitrogens is 1. The summed E-state index contributed by atoms with van der Waals surface area (Å²) >= 11 is 0. The molecule has 1 aromatic heterocycles. The molecule has 3 rings (SSSR count). The smallest absolute Gasteiger partial charge is 0.0704 e. The number of hydrogen-bond donors (Lipinski definition) is 1. The van der Waals surface area contributed by atoms with Crippen LogP contribution in [-0.2, 0) is 6.42 Å². The molecule has 0 amide bonds. The molecule has 1 aromatic carbocycles. The van der Waals surface area contributed by atoms with Gasteiger partial charge in [-0.15, -0.1) is 0 Å². The Morgan fingerprint density at radius 3 is 2.90 bits per heavy atom. The third-order valence-corrected chi connectivity index (χ3v) is 4.79. The molecule has 21 heavy (non-hydrogen) atoms. The van der Waals surface area contributed by atoms with Crippen LogP contribution < -0.4 is 5.32 Å². The van der Waals surface area contributed by atoms with Crippen molar-refractivity contribution in [1.29, 1.82) is 0 Å². The van der Waals surface area contributed by atoms with E-state index in [1.54, 1.807) is 0 Å². The van der Waals surface area contributed by atoms with E-state index in [0.717, 1.165) is 18.0 Å². The lowest BCUT2D eigenvalue weighted by Crippen LogP contribution is -2.39. The average Bonchev–Trinajstić information content (AvgIpc) is 2.54. The van der Waals surface area contributed by atoms with Crippen LogP contribution in [0.5, 0.6) is 0 Å². The van der Waals surface area contributed by atoms with Crippen LogP contribution >= 0.6 is 0 Å². The van der Waals surface area contributed by atoms with Crippen molar-refractivity contribution in [2.75, 3.05) is 6.54 Å². The third kappa shape index (κ3) is 3.44. The van der Waals surface area contributed by atoms with E-state index in [9.17, 15) is 0 Å². The van der Waals surface area contributed by atoms with Gasteiger partial charge in [-0.2, -0.15) is 0 Å². The molecular formula is C19H26N2. The lowest BCUT2D eigenvalue weighted by molar-refractivity contribution is 0.262. The first-order chi connectivity index (χ1) is 10.4. The van der Waals surface area contributed by atoms with Crippen molar-refractivity contribution < 1.29 is 0 Å². The largest absolute Gasteiger partial charge is 0.314 e. The highest BCUT2D eigenvalue weighted by Crippen LogP contribution is 2.29. The third-order valence-electron chi connectivity index (χ3n) is 4.79. The van der Waals surface area contributed by atoms with Gasteiger partial charge in [0.2, 0.25) is 0 Å². The number of pyridine rings is 1. The van der Waals surface area contributed by atoms with Gasteiger partial charge in [-0.05, 0) is 55.8 Å². The quantitative estimate of drug-likeness (QED) is 0.882. The molecule has 2 atom stereocenters. The molecule has 1 heterocycles. The highest BCUT2D eigenvalue weighted by molar-refractivity contribution is 5.81. The van der Waals surface area contributed by atoms with Crippen molar-refractivity contribution in [3.05, 3.63) is 42.1 Å². The topological polar surface area (TPSA) is 24.9 Å². The van der Waals surface area contributed by atoms with Crippen molar-refractivity contribution in [2.45, 2.75) is 51.5 Å². The van der Waals surface area contributed by atoms with E-state index in [-0.39, 0.29) is 0 Å². The van der Waals surface area contributed by atoms with E-state index in [1.165, 1.54) is 49.5 Å². The summed E-state index contributed by atoms with van der Waals surface area (Å²) in [6.45, 7) is 3.40. The Hall–Kier alpha value is -1.41. The van der Waals surface area contributed by atoms with Gasteiger partial charge in [0.1, 0.15) is 0 Å². The minimum absolute atomic E-state index is 0.700. The number of fused-ring (bicyclic) bond motifs is 1. The Morgan fingerprint density at radius 1 is 1.14 bits per heavy atom. The molecule has 2 unspecified atom stereocenters. The van der Waals surface area contributed by atoms with Crippen LogP contribution in [0.1, 0.15) is 44.6 Å². The molecule has 1 saturated carbocycles. The first kappa shape index (κ1) is 14.5. The molecule has 0 spiro atoms. The summed E-state index contributed by atoms with van der Waals surface area (Å²) in [5.41, 5.74) is 2.60. The van der Waals surface area contributed by atoms with Gasteiger partial charge in [0.25, 0.3) is 0 Å². The van der Waals surface area contributed by atoms with Crippen molar-refractivity contribution in [3.8, 4) is 0 Å². The fraction of sp³-hybridized carbons (Fsp3) is 0.526. The number of hydrogen-bond acceptors (Lipinski definition) is 2. The summed E-state index contributed by atoms with van der Waals surface area (Å²) in [4.78, 5) is 4.49. The molecule has 2 nitrogen and oxygen atoms in total. The van der Waals surface area contributed by atoms with Crippen molar-refractivity contribution in [2.24, 2.45) is 5.92 Å². The SMILES string of the molecule is CCCNC1CCCCC1Cc1ccnc2ccccc12. The predicted octanol–water partition coefficient (Wildman–Crippen LogP) is 4.34. The molecule has 0 bridgehead atoms. The molecule has 2 aromatic rings. The second kappa shape index (κ2) is 7.04. The monoisotopic (exact) mass is 282 g/mol. The fourth-order valence-electron chi connectivity index (χ4n) is 3.67. The lowest BCUT2D eigenvalue weighted by Gasteiger charge is -2.32. The van der Waals surface area contributed by atoms with Crippen LogP contribution in [0.4, 0.5) is 0 Å². The van der Waals surface area contributed by atoms with Crippen molar-refractivity contribution >= 4 is 10.9 Å². The van der Waals surface area contributed by atoms with Crippen LogP contribution in [0.15, 0.2) is 36.5 Å².